The second-order valence-electron chi connectivity index (χ2n) is 4.37. The normalized spacial score (nSPS) is 16.8. The van der Waals surface area contributed by atoms with Gasteiger partial charge in [0.15, 0.2) is 12.4 Å². The Morgan fingerprint density at radius 1 is 1.41 bits per heavy atom. The highest BCUT2D eigenvalue weighted by molar-refractivity contribution is 6.33. The minimum atomic E-state index is -0.257. The van der Waals surface area contributed by atoms with Gasteiger partial charge in [0.25, 0.3) is 5.91 Å². The van der Waals surface area contributed by atoms with Gasteiger partial charge in [0, 0.05) is 12.1 Å². The lowest BCUT2D eigenvalue weighted by atomic mass is 9.95. The molecule has 1 aromatic heterocycles. The number of rotatable bonds is 2. The molecular weight excluding hydrogens is 240 g/mol. The number of nitrogens with zero attached hydrogens (tertiary/aromatic N) is 1. The molecule has 0 unspecified atom stereocenters. The molecule has 0 bridgehead atoms. The first-order valence-electron chi connectivity index (χ1n) is 5.86. The van der Waals surface area contributed by atoms with Crippen molar-refractivity contribution in [3.63, 3.8) is 0 Å². The van der Waals surface area contributed by atoms with Crippen molar-refractivity contribution in [1.29, 1.82) is 0 Å². The van der Waals surface area contributed by atoms with E-state index in [1.54, 1.807) is 0 Å². The third-order valence-corrected chi connectivity index (χ3v) is 3.40. The van der Waals surface area contributed by atoms with Crippen molar-refractivity contribution in [2.75, 3.05) is 0 Å². The summed E-state index contributed by atoms with van der Waals surface area (Å²) in [5.74, 6) is -0.257. The van der Waals surface area contributed by atoms with Gasteiger partial charge in [-0.2, -0.15) is 4.73 Å². The van der Waals surface area contributed by atoms with E-state index in [0.29, 0.717) is 9.75 Å². The average Bonchev–Trinajstić information content (AvgIpc) is 2.33. The molecule has 1 aliphatic carbocycles. The largest absolute Gasteiger partial charge is 0.619 e. The van der Waals surface area contributed by atoms with E-state index in [0.717, 1.165) is 25.7 Å². The fourth-order valence-electron chi connectivity index (χ4n) is 2.14. The number of nitrogens with one attached hydrogen (secondary N) is 1. The lowest BCUT2D eigenvalue weighted by Gasteiger charge is -2.22. The van der Waals surface area contributed by atoms with Crippen LogP contribution in [-0.2, 0) is 0 Å². The number of pyridine rings is 1. The van der Waals surface area contributed by atoms with Gasteiger partial charge < -0.3 is 10.5 Å². The molecule has 0 radical (unpaired) electrons. The van der Waals surface area contributed by atoms with Crippen molar-refractivity contribution in [1.82, 2.24) is 5.32 Å². The van der Waals surface area contributed by atoms with Gasteiger partial charge in [0.05, 0.1) is 5.02 Å². The van der Waals surface area contributed by atoms with Crippen LogP contribution in [0, 0.1) is 5.21 Å². The smallest absolute Gasteiger partial charge is 0.259 e. The molecule has 5 heteroatoms. The van der Waals surface area contributed by atoms with E-state index in [1.807, 2.05) is 0 Å². The van der Waals surface area contributed by atoms with Crippen molar-refractivity contribution in [3.05, 3.63) is 34.3 Å². The van der Waals surface area contributed by atoms with Crippen LogP contribution in [0.5, 0.6) is 0 Å². The fraction of sp³-hybridized carbons (Fsp3) is 0.500. The molecule has 17 heavy (non-hydrogen) atoms. The summed E-state index contributed by atoms with van der Waals surface area (Å²) in [7, 11) is 0. The predicted octanol–water partition coefficient (Wildman–Crippen LogP) is 2.04. The molecule has 1 N–H and O–H groups in total. The maximum absolute atomic E-state index is 11.9. The van der Waals surface area contributed by atoms with E-state index < -0.39 is 0 Å². The summed E-state index contributed by atoms with van der Waals surface area (Å²) in [4.78, 5) is 11.9. The zero-order valence-corrected chi connectivity index (χ0v) is 10.2. The molecule has 2 rings (SSSR count). The second kappa shape index (κ2) is 5.36. The van der Waals surface area contributed by atoms with Gasteiger partial charge in [-0.25, -0.2) is 0 Å². The zero-order valence-electron chi connectivity index (χ0n) is 9.49. The topological polar surface area (TPSA) is 56.0 Å². The molecule has 0 saturated heterocycles. The van der Waals surface area contributed by atoms with Gasteiger partial charge in [-0.05, 0) is 12.8 Å². The van der Waals surface area contributed by atoms with Crippen LogP contribution in [0.2, 0.25) is 5.02 Å². The van der Waals surface area contributed by atoms with Gasteiger partial charge in [-0.3, -0.25) is 4.79 Å². The van der Waals surface area contributed by atoms with Gasteiger partial charge in [0.1, 0.15) is 5.56 Å². The summed E-state index contributed by atoms with van der Waals surface area (Å²) in [5, 5.41) is 14.4. The second-order valence-corrected chi connectivity index (χ2v) is 4.78. The van der Waals surface area contributed by atoms with Gasteiger partial charge in [0.2, 0.25) is 0 Å². The van der Waals surface area contributed by atoms with Crippen LogP contribution in [0.15, 0.2) is 18.5 Å². The highest BCUT2D eigenvalue weighted by Crippen LogP contribution is 2.19. The molecule has 0 atom stereocenters. The first kappa shape index (κ1) is 12.2. The highest BCUT2D eigenvalue weighted by Gasteiger charge is 2.19. The van der Waals surface area contributed by atoms with Crippen molar-refractivity contribution in [3.8, 4) is 0 Å². The number of carbonyl (C=O) groups excluding carboxylic acids is 1. The molecule has 1 heterocycles. The van der Waals surface area contributed by atoms with Gasteiger partial charge in [-0.1, -0.05) is 30.9 Å². The number of amides is 1. The first-order chi connectivity index (χ1) is 8.16. The monoisotopic (exact) mass is 254 g/mol. The fourth-order valence-corrected chi connectivity index (χ4v) is 2.33. The van der Waals surface area contributed by atoms with E-state index in [4.69, 9.17) is 11.6 Å². The van der Waals surface area contributed by atoms with E-state index in [-0.39, 0.29) is 17.5 Å². The van der Waals surface area contributed by atoms with E-state index in [9.17, 15) is 10.0 Å². The summed E-state index contributed by atoms with van der Waals surface area (Å²) in [6.45, 7) is 0. The molecule has 92 valence electrons. The summed E-state index contributed by atoms with van der Waals surface area (Å²) in [6.07, 6.45) is 8.03. The summed E-state index contributed by atoms with van der Waals surface area (Å²) in [6, 6.07) is 1.65. The Bertz CT molecular complexity index is 417. The Hall–Kier alpha value is -1.29. The Morgan fingerprint density at radius 3 is 2.82 bits per heavy atom. The molecule has 4 nitrogen and oxygen atoms in total. The molecule has 1 aromatic rings. The van der Waals surface area contributed by atoms with Crippen molar-refractivity contribution in [2.45, 2.75) is 38.1 Å². The van der Waals surface area contributed by atoms with Crippen LogP contribution in [0.1, 0.15) is 42.5 Å². The lowest BCUT2D eigenvalue weighted by Crippen LogP contribution is -2.37. The van der Waals surface area contributed by atoms with E-state index in [2.05, 4.69) is 5.32 Å². The molecule has 1 amide bonds. The van der Waals surface area contributed by atoms with Gasteiger partial charge >= 0.3 is 0 Å². The quantitative estimate of drug-likeness (QED) is 0.649. The van der Waals surface area contributed by atoms with E-state index in [1.165, 1.54) is 24.9 Å². The Morgan fingerprint density at radius 2 is 2.12 bits per heavy atom. The molecular formula is C12H15ClN2O2. The van der Waals surface area contributed by atoms with Crippen LogP contribution >= 0.6 is 11.6 Å². The minimum Gasteiger partial charge on any atom is -0.619 e. The SMILES string of the molecule is O=C(NC1CCCCC1)c1c[n+]([O-])ccc1Cl. The minimum absolute atomic E-state index is 0.215. The Kier molecular flexibility index (Phi) is 3.84. The number of hydrogen-bond acceptors (Lipinski definition) is 2. The average molecular weight is 255 g/mol. The lowest BCUT2D eigenvalue weighted by molar-refractivity contribution is -0.605. The number of aromatic nitrogens is 1. The maximum Gasteiger partial charge on any atom is 0.259 e. The van der Waals surface area contributed by atoms with Crippen LogP contribution in [0.25, 0.3) is 0 Å². The molecule has 0 aliphatic heterocycles. The molecule has 1 saturated carbocycles. The van der Waals surface area contributed by atoms with Crippen molar-refractivity contribution in [2.24, 2.45) is 0 Å². The Labute approximate surface area is 105 Å². The molecule has 0 spiro atoms. The first-order valence-corrected chi connectivity index (χ1v) is 6.24. The van der Waals surface area contributed by atoms with Crippen LogP contribution in [0.4, 0.5) is 0 Å². The molecule has 1 aliphatic rings. The van der Waals surface area contributed by atoms with E-state index >= 15 is 0 Å². The number of carbonyl (C=O) groups is 1. The van der Waals surface area contributed by atoms with Crippen LogP contribution in [0.3, 0.4) is 0 Å². The van der Waals surface area contributed by atoms with Crippen molar-refractivity contribution >= 4 is 17.5 Å². The van der Waals surface area contributed by atoms with Gasteiger partial charge in [-0.15, -0.1) is 0 Å². The summed E-state index contributed by atoms with van der Waals surface area (Å²) < 4.78 is 0.585. The highest BCUT2D eigenvalue weighted by atomic mass is 35.5. The predicted molar refractivity (Wildman–Crippen MR) is 64.8 cm³/mol. The molecule has 1 fully saturated rings. The number of halogens is 1. The third kappa shape index (κ3) is 3.09. The molecule has 0 aromatic carbocycles. The van der Waals surface area contributed by atoms with Crippen LogP contribution in [-0.4, -0.2) is 11.9 Å². The summed E-state index contributed by atoms with van der Waals surface area (Å²) >= 11 is 5.90. The number of hydrogen-bond donors (Lipinski definition) is 1. The van der Waals surface area contributed by atoms with Crippen molar-refractivity contribution < 1.29 is 9.52 Å². The third-order valence-electron chi connectivity index (χ3n) is 3.07. The Balaban J connectivity index is 2.05. The summed E-state index contributed by atoms with van der Waals surface area (Å²) in [5.41, 5.74) is 0.245. The zero-order chi connectivity index (χ0) is 12.3. The maximum atomic E-state index is 11.9. The van der Waals surface area contributed by atoms with Crippen LogP contribution < -0.4 is 10.0 Å². The standard InChI is InChI=1S/C12H15ClN2O2/c13-11-6-7-15(17)8-10(11)12(16)14-9-4-2-1-3-5-9/h6-9H,1-5H2,(H,14,16).